The van der Waals surface area contributed by atoms with Crippen LogP contribution in [-0.4, -0.2) is 16.9 Å². The summed E-state index contributed by atoms with van der Waals surface area (Å²) in [4.78, 5) is 14.8. The van der Waals surface area contributed by atoms with E-state index >= 15 is 0 Å². The van der Waals surface area contributed by atoms with Gasteiger partial charge in [0.15, 0.2) is 5.69 Å². The summed E-state index contributed by atoms with van der Waals surface area (Å²) in [5.41, 5.74) is -0.0301. The summed E-state index contributed by atoms with van der Waals surface area (Å²) >= 11 is 0.596. The van der Waals surface area contributed by atoms with Gasteiger partial charge < -0.3 is 5.32 Å². The topological polar surface area (TPSA) is 42.0 Å². The zero-order valence-corrected chi connectivity index (χ0v) is 12.8. The minimum Gasteiger partial charge on any atom is -0.348 e. The summed E-state index contributed by atoms with van der Waals surface area (Å²) in [6.07, 6.45) is -3.65. The first-order valence-electron chi connectivity index (χ1n) is 7.04. The van der Waals surface area contributed by atoms with Gasteiger partial charge in [0.05, 0.1) is 5.51 Å². The zero-order valence-electron chi connectivity index (χ0n) is 12.0. The Labute approximate surface area is 137 Å². The lowest BCUT2D eigenvalue weighted by Gasteiger charge is -2.37. The highest BCUT2D eigenvalue weighted by Crippen LogP contribution is 2.39. The Hall–Kier alpha value is -2.03. The molecule has 3 rings (SSSR count). The van der Waals surface area contributed by atoms with Crippen molar-refractivity contribution >= 4 is 17.2 Å². The van der Waals surface area contributed by atoms with Crippen molar-refractivity contribution in [2.75, 3.05) is 0 Å². The molecule has 0 bridgehead atoms. The van der Waals surface area contributed by atoms with Crippen molar-refractivity contribution in [3.05, 3.63) is 51.5 Å². The van der Waals surface area contributed by atoms with Gasteiger partial charge in [-0.2, -0.15) is 13.2 Å². The highest BCUT2D eigenvalue weighted by atomic mass is 32.1. The number of aromatic nitrogens is 1. The fraction of sp³-hybridized carbons (Fsp3) is 0.333. The molecule has 1 amide bonds. The number of carbonyl (C=O) groups is 1. The number of amides is 1. The predicted molar refractivity (Wildman–Crippen MR) is 76.7 cm³/mol. The molecule has 1 heterocycles. The van der Waals surface area contributed by atoms with Gasteiger partial charge in [0.1, 0.15) is 16.5 Å². The average Bonchev–Trinajstić information content (AvgIpc) is 2.96. The molecule has 1 aromatic carbocycles. The Kier molecular flexibility index (Phi) is 4.29. The molecule has 1 saturated carbocycles. The number of rotatable bonds is 3. The number of nitrogens with one attached hydrogen (secondary N) is 1. The van der Waals surface area contributed by atoms with E-state index in [0.717, 1.165) is 17.6 Å². The minimum absolute atomic E-state index is 0.244. The first-order valence-corrected chi connectivity index (χ1v) is 7.92. The molecule has 0 radical (unpaired) electrons. The number of hydrogen-bond donors (Lipinski definition) is 1. The van der Waals surface area contributed by atoms with Gasteiger partial charge in [-0.3, -0.25) is 4.79 Å². The average molecular weight is 362 g/mol. The highest BCUT2D eigenvalue weighted by Gasteiger charge is 2.40. The second-order valence-corrected chi connectivity index (χ2v) is 6.31. The van der Waals surface area contributed by atoms with Gasteiger partial charge in [-0.05, 0) is 24.5 Å². The van der Waals surface area contributed by atoms with E-state index in [9.17, 15) is 26.7 Å². The second-order valence-electron chi connectivity index (χ2n) is 5.46. The van der Waals surface area contributed by atoms with E-state index in [1.807, 2.05) is 0 Å². The van der Waals surface area contributed by atoms with Crippen LogP contribution in [0.1, 0.15) is 39.7 Å². The molecule has 0 aliphatic heterocycles. The molecule has 0 saturated heterocycles. The third-order valence-corrected chi connectivity index (χ3v) is 4.82. The van der Waals surface area contributed by atoms with Crippen molar-refractivity contribution in [2.24, 2.45) is 0 Å². The largest absolute Gasteiger partial charge is 0.434 e. The van der Waals surface area contributed by atoms with Crippen molar-refractivity contribution in [1.82, 2.24) is 10.3 Å². The van der Waals surface area contributed by atoms with Crippen LogP contribution in [0.25, 0.3) is 0 Å². The third kappa shape index (κ3) is 3.12. The Bertz CT molecular complexity index is 773. The summed E-state index contributed by atoms with van der Waals surface area (Å²) in [6, 6.07) is 2.65. The predicted octanol–water partition coefficient (Wildman–Crippen LogP) is 4.12. The minimum atomic E-state index is -4.71. The van der Waals surface area contributed by atoms with Crippen molar-refractivity contribution in [3.8, 4) is 0 Å². The smallest absolute Gasteiger partial charge is 0.348 e. The maximum absolute atomic E-state index is 13.8. The molecule has 0 spiro atoms. The SMILES string of the molecule is O=C(N[C@H]1CC[C@H]1c1ccc(F)cc1F)c1scnc1C(F)(F)F. The summed E-state index contributed by atoms with van der Waals surface area (Å²) in [5, 5.41) is 2.49. The van der Waals surface area contributed by atoms with Crippen LogP contribution in [0.15, 0.2) is 23.7 Å². The van der Waals surface area contributed by atoms with Gasteiger partial charge in [0.2, 0.25) is 0 Å². The number of alkyl halides is 3. The maximum Gasteiger partial charge on any atom is 0.434 e. The quantitative estimate of drug-likeness (QED) is 0.835. The lowest BCUT2D eigenvalue weighted by Crippen LogP contribution is -2.45. The summed E-state index contributed by atoms with van der Waals surface area (Å²) in [5.74, 6) is -2.72. The Morgan fingerprint density at radius 1 is 1.25 bits per heavy atom. The molecular formula is C15H11F5N2OS. The summed E-state index contributed by atoms with van der Waals surface area (Å²) in [6.45, 7) is 0. The zero-order chi connectivity index (χ0) is 17.5. The van der Waals surface area contributed by atoms with E-state index in [-0.39, 0.29) is 5.56 Å². The third-order valence-electron chi connectivity index (χ3n) is 4.00. The monoisotopic (exact) mass is 362 g/mol. The molecule has 9 heteroatoms. The molecule has 3 nitrogen and oxygen atoms in total. The van der Waals surface area contributed by atoms with Crippen molar-refractivity contribution < 1.29 is 26.7 Å². The number of halogens is 5. The lowest BCUT2D eigenvalue weighted by molar-refractivity contribution is -0.141. The second kappa shape index (κ2) is 6.12. The number of nitrogens with zero attached hydrogens (tertiary/aromatic N) is 1. The molecular weight excluding hydrogens is 351 g/mol. The van der Waals surface area contributed by atoms with E-state index in [1.54, 1.807) is 0 Å². The number of hydrogen-bond acceptors (Lipinski definition) is 3. The van der Waals surface area contributed by atoms with E-state index in [1.165, 1.54) is 6.07 Å². The molecule has 24 heavy (non-hydrogen) atoms. The van der Waals surface area contributed by atoms with Crippen molar-refractivity contribution in [3.63, 3.8) is 0 Å². The first-order chi connectivity index (χ1) is 11.3. The van der Waals surface area contributed by atoms with Crippen molar-refractivity contribution in [1.29, 1.82) is 0 Å². The molecule has 1 fully saturated rings. The highest BCUT2D eigenvalue weighted by molar-refractivity contribution is 7.11. The number of carbonyl (C=O) groups excluding carboxylic acids is 1. The maximum atomic E-state index is 13.8. The number of thiazole rings is 1. The van der Waals surface area contributed by atoms with Crippen LogP contribution in [0.4, 0.5) is 22.0 Å². The van der Waals surface area contributed by atoms with E-state index in [2.05, 4.69) is 10.3 Å². The summed E-state index contributed by atoms with van der Waals surface area (Å²) < 4.78 is 65.1. The van der Waals surface area contributed by atoms with Gasteiger partial charge in [0, 0.05) is 18.0 Å². The molecule has 2 atom stereocenters. The standard InChI is InChI=1S/C15H11F5N2OS/c16-7-1-2-8(10(17)5-7)9-3-4-11(9)22-14(23)12-13(15(18,19)20)21-6-24-12/h1-2,5-6,9,11H,3-4H2,(H,22,23)/t9-,11-/m0/s1. The van der Waals surface area contributed by atoms with Crippen LogP contribution >= 0.6 is 11.3 Å². The van der Waals surface area contributed by atoms with Gasteiger partial charge >= 0.3 is 6.18 Å². The lowest BCUT2D eigenvalue weighted by atomic mass is 9.75. The summed E-state index contributed by atoms with van der Waals surface area (Å²) in [7, 11) is 0. The molecule has 1 aliphatic carbocycles. The van der Waals surface area contributed by atoms with E-state index in [0.29, 0.717) is 24.2 Å². The van der Waals surface area contributed by atoms with Gasteiger partial charge in [-0.25, -0.2) is 13.8 Å². The van der Waals surface area contributed by atoms with Gasteiger partial charge in [-0.15, -0.1) is 11.3 Å². The van der Waals surface area contributed by atoms with Crippen LogP contribution in [-0.2, 0) is 6.18 Å². The van der Waals surface area contributed by atoms with Crippen LogP contribution < -0.4 is 5.32 Å². The Morgan fingerprint density at radius 2 is 2.00 bits per heavy atom. The van der Waals surface area contributed by atoms with Crippen molar-refractivity contribution in [2.45, 2.75) is 31.0 Å². The molecule has 128 valence electrons. The van der Waals surface area contributed by atoms with Crippen LogP contribution in [0.3, 0.4) is 0 Å². The van der Waals surface area contributed by atoms with Gasteiger partial charge in [-0.1, -0.05) is 6.07 Å². The molecule has 1 aromatic heterocycles. The van der Waals surface area contributed by atoms with Crippen LogP contribution in [0, 0.1) is 11.6 Å². The van der Waals surface area contributed by atoms with Crippen LogP contribution in [0.5, 0.6) is 0 Å². The Balaban J connectivity index is 1.75. The normalized spacial score (nSPS) is 20.5. The molecule has 0 unspecified atom stereocenters. The Morgan fingerprint density at radius 3 is 2.58 bits per heavy atom. The molecule has 1 N–H and O–H groups in total. The van der Waals surface area contributed by atoms with Crippen LogP contribution in [0.2, 0.25) is 0 Å². The molecule has 2 aromatic rings. The van der Waals surface area contributed by atoms with Gasteiger partial charge in [0.25, 0.3) is 5.91 Å². The van der Waals surface area contributed by atoms with E-state index in [4.69, 9.17) is 0 Å². The van der Waals surface area contributed by atoms with E-state index < -0.39 is 46.2 Å². The first kappa shape index (κ1) is 16.8. The fourth-order valence-corrected chi connectivity index (χ4v) is 3.40. The number of benzene rings is 1. The fourth-order valence-electron chi connectivity index (χ4n) is 2.69. The molecule has 1 aliphatic rings.